The van der Waals surface area contributed by atoms with Crippen LogP contribution in [-0.4, -0.2) is 24.2 Å². The molecule has 8 nitrogen and oxygen atoms in total. The van der Waals surface area contributed by atoms with Crippen LogP contribution in [0, 0.1) is 0 Å². The largest absolute Gasteiger partial charge is 0.479 e. The monoisotopic (exact) mass is 292 g/mol. The summed E-state index contributed by atoms with van der Waals surface area (Å²) in [5.41, 5.74) is 25.6. The highest BCUT2D eigenvalue weighted by Gasteiger charge is 2.07. The van der Waals surface area contributed by atoms with E-state index in [2.05, 4.69) is 4.74 Å². The van der Waals surface area contributed by atoms with Gasteiger partial charge >= 0.3 is 5.97 Å². The average Bonchev–Trinajstić information content (AvgIpc) is 2.44. The third-order valence-corrected chi connectivity index (χ3v) is 2.56. The summed E-state index contributed by atoms with van der Waals surface area (Å²) in [7, 11) is 0. The lowest BCUT2D eigenvalue weighted by Gasteiger charge is -2.10. The Morgan fingerprint density at radius 1 is 0.952 bits per heavy atom. The number of benzene rings is 2. The van der Waals surface area contributed by atoms with Crippen LogP contribution in [0.15, 0.2) is 24.3 Å². The summed E-state index contributed by atoms with van der Waals surface area (Å²) in [6, 6.07) is 6.92. The van der Waals surface area contributed by atoms with Crippen molar-refractivity contribution >= 4 is 46.0 Å². The number of hydrogen-bond acceptors (Lipinski definition) is 7. The summed E-state index contributed by atoms with van der Waals surface area (Å²) in [5.74, 6) is -1.15. The highest BCUT2D eigenvalue weighted by atomic mass is 16.5. The van der Waals surface area contributed by atoms with E-state index in [0.717, 1.165) is 10.8 Å². The minimum atomic E-state index is -1.15. The van der Waals surface area contributed by atoms with Crippen molar-refractivity contribution in [3.8, 4) is 0 Å². The van der Waals surface area contributed by atoms with E-state index in [4.69, 9.17) is 28.0 Å². The molecule has 2 aromatic carbocycles. The molecule has 0 aliphatic carbocycles. The number of carboxylic acid groups (broad SMARTS) is 1. The van der Waals surface area contributed by atoms with Gasteiger partial charge in [0, 0.05) is 33.5 Å². The Balaban J connectivity index is 0.000000270. The highest BCUT2D eigenvalue weighted by molar-refractivity contribution is 6.12. The molecule has 0 saturated carbocycles. The number of carbonyl (C=O) groups is 2. The molecule has 2 aromatic rings. The number of carboxylic acids is 1. The molecule has 21 heavy (non-hydrogen) atoms. The fourth-order valence-corrected chi connectivity index (χ4v) is 1.71. The molecule has 0 atom stereocenters. The Bertz CT molecular complexity index is 584. The molecule has 8 heteroatoms. The van der Waals surface area contributed by atoms with Gasteiger partial charge in [-0.3, -0.25) is 4.79 Å². The van der Waals surface area contributed by atoms with Gasteiger partial charge in [-0.1, -0.05) is 0 Å². The van der Waals surface area contributed by atoms with Crippen molar-refractivity contribution in [1.82, 2.24) is 0 Å². The van der Waals surface area contributed by atoms with Crippen molar-refractivity contribution in [1.29, 1.82) is 0 Å². The van der Waals surface area contributed by atoms with Crippen molar-refractivity contribution in [2.24, 2.45) is 0 Å². The number of nitrogen functional groups attached to an aromatic ring is 4. The molecule has 0 unspecified atom stereocenters. The summed E-state index contributed by atoms with van der Waals surface area (Å²) in [6.45, 7) is -0.461. The van der Waals surface area contributed by atoms with Gasteiger partial charge in [0.25, 0.3) is 6.47 Å². The normalized spacial score (nSPS) is 9.52. The van der Waals surface area contributed by atoms with E-state index in [1.807, 2.05) is 0 Å². The van der Waals surface area contributed by atoms with Gasteiger partial charge < -0.3 is 32.8 Å². The van der Waals surface area contributed by atoms with E-state index in [-0.39, 0.29) is 6.47 Å². The van der Waals surface area contributed by atoms with Crippen LogP contribution in [0.4, 0.5) is 22.7 Å². The van der Waals surface area contributed by atoms with Crippen LogP contribution < -0.4 is 22.9 Å². The molecule has 0 spiro atoms. The quantitative estimate of drug-likeness (QED) is 0.400. The maximum Gasteiger partial charge on any atom is 0.341 e. The van der Waals surface area contributed by atoms with Gasteiger partial charge in [-0.05, 0) is 24.3 Å². The van der Waals surface area contributed by atoms with Crippen LogP contribution in [0.5, 0.6) is 0 Å². The van der Waals surface area contributed by atoms with Gasteiger partial charge in [-0.15, -0.1) is 0 Å². The van der Waals surface area contributed by atoms with Crippen molar-refractivity contribution in [2.45, 2.75) is 0 Å². The molecule has 0 amide bonds. The van der Waals surface area contributed by atoms with Gasteiger partial charge in [-0.25, -0.2) is 4.79 Å². The van der Waals surface area contributed by atoms with E-state index >= 15 is 0 Å². The lowest BCUT2D eigenvalue weighted by molar-refractivity contribution is -0.147. The number of ether oxygens (including phenoxy) is 1. The molecule has 0 aromatic heterocycles. The van der Waals surface area contributed by atoms with E-state index in [1.165, 1.54) is 0 Å². The Morgan fingerprint density at radius 2 is 1.29 bits per heavy atom. The summed E-state index contributed by atoms with van der Waals surface area (Å²) in [6.07, 6.45) is 0. The molecule has 0 heterocycles. The van der Waals surface area contributed by atoms with Gasteiger partial charge in [0.15, 0.2) is 6.61 Å². The van der Waals surface area contributed by atoms with Crippen molar-refractivity contribution in [2.75, 3.05) is 29.5 Å². The van der Waals surface area contributed by atoms with E-state index in [1.54, 1.807) is 24.3 Å². The van der Waals surface area contributed by atoms with Crippen molar-refractivity contribution in [3.05, 3.63) is 24.3 Å². The Labute approximate surface area is 120 Å². The minimum absolute atomic E-state index is 0.0914. The van der Waals surface area contributed by atoms with Gasteiger partial charge in [0.2, 0.25) is 0 Å². The van der Waals surface area contributed by atoms with Crippen LogP contribution in [0.1, 0.15) is 0 Å². The first-order valence-electron chi connectivity index (χ1n) is 5.77. The molecule has 0 bridgehead atoms. The van der Waals surface area contributed by atoms with Crippen LogP contribution in [0.3, 0.4) is 0 Å². The molecular formula is C13H16N4O4. The molecule has 0 radical (unpaired) electrons. The molecule has 9 N–H and O–H groups in total. The Kier molecular flexibility index (Phi) is 5.18. The molecular weight excluding hydrogens is 276 g/mol. The summed E-state index contributed by atoms with van der Waals surface area (Å²) in [5, 5.41) is 9.24. The maximum absolute atomic E-state index is 9.47. The first kappa shape index (κ1) is 15.9. The maximum atomic E-state index is 9.47. The molecule has 0 aliphatic heterocycles. The summed E-state index contributed by atoms with van der Waals surface area (Å²) in [4.78, 5) is 18.7. The number of anilines is 4. The highest BCUT2D eigenvalue weighted by Crippen LogP contribution is 2.34. The molecule has 0 aliphatic rings. The first-order chi connectivity index (χ1) is 9.88. The van der Waals surface area contributed by atoms with E-state index < -0.39 is 12.6 Å². The number of fused-ring (bicyclic) bond motifs is 1. The number of hydrogen-bond donors (Lipinski definition) is 5. The predicted molar refractivity (Wildman–Crippen MR) is 81.2 cm³/mol. The fourth-order valence-electron chi connectivity index (χ4n) is 1.71. The number of aliphatic carboxylic acids is 1. The third-order valence-electron chi connectivity index (χ3n) is 2.56. The van der Waals surface area contributed by atoms with Crippen LogP contribution >= 0.6 is 0 Å². The smallest absolute Gasteiger partial charge is 0.341 e. The zero-order valence-electron chi connectivity index (χ0n) is 11.1. The fraction of sp³-hybridized carbons (Fsp3) is 0.0769. The summed E-state index contributed by atoms with van der Waals surface area (Å²) >= 11 is 0. The third kappa shape index (κ3) is 3.90. The van der Waals surface area contributed by atoms with Crippen LogP contribution in [0.25, 0.3) is 10.8 Å². The number of carbonyl (C=O) groups excluding carboxylic acids is 1. The molecule has 0 fully saturated rings. The lowest BCUT2D eigenvalue weighted by atomic mass is 10.0. The average molecular weight is 292 g/mol. The second kappa shape index (κ2) is 6.85. The Hall–Kier alpha value is -3.16. The van der Waals surface area contributed by atoms with Crippen molar-refractivity contribution in [3.63, 3.8) is 0 Å². The van der Waals surface area contributed by atoms with E-state index in [0.29, 0.717) is 22.7 Å². The molecule has 112 valence electrons. The van der Waals surface area contributed by atoms with Crippen molar-refractivity contribution < 1.29 is 19.4 Å². The van der Waals surface area contributed by atoms with E-state index in [9.17, 15) is 9.59 Å². The summed E-state index contributed by atoms with van der Waals surface area (Å²) < 4.78 is 3.81. The van der Waals surface area contributed by atoms with Gasteiger partial charge in [-0.2, -0.15) is 0 Å². The predicted octanol–water partition coefficient (Wildman–Crippen LogP) is 0.413. The zero-order valence-corrected chi connectivity index (χ0v) is 11.1. The zero-order chi connectivity index (χ0) is 16.0. The molecule has 0 saturated heterocycles. The minimum Gasteiger partial charge on any atom is -0.479 e. The van der Waals surface area contributed by atoms with Crippen LogP contribution in [-0.2, 0) is 14.3 Å². The standard InChI is InChI=1S/C10H12N4.C3H4O4/c11-5-1-2-6(12)10-8(14)4-3-7(13)9(5)10;4-2-7-1-3(5)6/h1-4H,11-14H2;2H,1H2,(H,5,6). The second-order valence-electron chi connectivity index (χ2n) is 4.04. The second-order valence-corrected chi connectivity index (χ2v) is 4.04. The molecule has 2 rings (SSSR count). The number of rotatable bonds is 3. The first-order valence-corrected chi connectivity index (χ1v) is 5.77. The SMILES string of the molecule is Nc1ccc(N)c2c(N)ccc(N)c12.O=COCC(=O)O. The lowest BCUT2D eigenvalue weighted by Crippen LogP contribution is -2.04. The number of nitrogens with two attached hydrogens (primary N) is 4. The Morgan fingerprint density at radius 3 is 1.48 bits per heavy atom. The van der Waals surface area contributed by atoms with Crippen LogP contribution in [0.2, 0.25) is 0 Å². The topological polar surface area (TPSA) is 168 Å². The van der Waals surface area contributed by atoms with Gasteiger partial charge in [0.05, 0.1) is 0 Å². The van der Waals surface area contributed by atoms with Gasteiger partial charge in [0.1, 0.15) is 0 Å².